The van der Waals surface area contributed by atoms with Gasteiger partial charge < -0.3 is 9.84 Å². The lowest BCUT2D eigenvalue weighted by Crippen LogP contribution is -2.22. The third kappa shape index (κ3) is 4.08. The first kappa shape index (κ1) is 17.7. The monoisotopic (exact) mass is 361 g/mol. The second kappa shape index (κ2) is 6.99. The Kier molecular flexibility index (Phi) is 4.75. The minimum absolute atomic E-state index is 0.191. The van der Waals surface area contributed by atoms with Crippen molar-refractivity contribution >= 4 is 5.91 Å². The maximum absolute atomic E-state index is 12.5. The van der Waals surface area contributed by atoms with Gasteiger partial charge in [-0.2, -0.15) is 18.2 Å². The van der Waals surface area contributed by atoms with Crippen LogP contribution in [0.5, 0.6) is 0 Å². The van der Waals surface area contributed by atoms with Crippen molar-refractivity contribution in [2.24, 2.45) is 0 Å². The van der Waals surface area contributed by atoms with Crippen molar-refractivity contribution in [3.63, 3.8) is 0 Å². The summed E-state index contributed by atoms with van der Waals surface area (Å²) in [6, 6.07) is 13.7. The fourth-order valence-corrected chi connectivity index (χ4v) is 2.22. The number of benzene rings is 2. The number of hydrogen-bond donors (Lipinski definition) is 1. The Labute approximate surface area is 146 Å². The highest BCUT2D eigenvalue weighted by Gasteiger charge is 2.38. The van der Waals surface area contributed by atoms with Crippen molar-refractivity contribution < 1.29 is 22.5 Å². The highest BCUT2D eigenvalue weighted by Crippen LogP contribution is 2.29. The molecule has 0 saturated heterocycles. The maximum Gasteiger partial charge on any atom is 0.471 e. The first-order valence-corrected chi connectivity index (χ1v) is 7.68. The highest BCUT2D eigenvalue weighted by atomic mass is 19.4. The molecule has 3 aromatic rings. The Morgan fingerprint density at radius 3 is 2.31 bits per heavy atom. The van der Waals surface area contributed by atoms with Gasteiger partial charge in [0.05, 0.1) is 0 Å². The van der Waals surface area contributed by atoms with E-state index in [2.05, 4.69) is 20.0 Å². The lowest BCUT2D eigenvalue weighted by Gasteiger charge is -2.06. The van der Waals surface area contributed by atoms with Crippen LogP contribution >= 0.6 is 0 Å². The van der Waals surface area contributed by atoms with E-state index in [9.17, 15) is 18.0 Å². The number of nitrogens with zero attached hydrogens (tertiary/aromatic N) is 2. The number of carbonyl (C=O) groups excluding carboxylic acids is 1. The van der Waals surface area contributed by atoms with E-state index in [-0.39, 0.29) is 11.7 Å². The molecule has 0 unspecified atom stereocenters. The lowest BCUT2D eigenvalue weighted by molar-refractivity contribution is -0.159. The standard InChI is InChI=1S/C18H14F3N3O2/c1-11-2-4-12(5-3-11)10-22-16(25)14-8-6-13(7-9-14)15-23-17(26-24-15)18(19,20)21/h2-9H,10H2,1H3,(H,22,25). The molecule has 0 aliphatic carbocycles. The molecule has 5 nitrogen and oxygen atoms in total. The van der Waals surface area contributed by atoms with Crippen molar-refractivity contribution in [3.05, 3.63) is 71.1 Å². The van der Waals surface area contributed by atoms with Gasteiger partial charge in [-0.05, 0) is 24.6 Å². The Balaban J connectivity index is 1.66. The minimum Gasteiger partial charge on any atom is -0.348 e. The summed E-state index contributed by atoms with van der Waals surface area (Å²) in [6.07, 6.45) is -4.69. The van der Waals surface area contributed by atoms with E-state index in [1.165, 1.54) is 24.3 Å². The van der Waals surface area contributed by atoms with E-state index < -0.39 is 12.1 Å². The minimum atomic E-state index is -4.69. The average Bonchev–Trinajstić information content (AvgIpc) is 3.12. The summed E-state index contributed by atoms with van der Waals surface area (Å²) in [5.41, 5.74) is 2.79. The number of rotatable bonds is 4. The fraction of sp³-hybridized carbons (Fsp3) is 0.167. The zero-order valence-corrected chi connectivity index (χ0v) is 13.7. The van der Waals surface area contributed by atoms with Crippen LogP contribution < -0.4 is 5.32 Å². The predicted molar refractivity (Wildman–Crippen MR) is 87.1 cm³/mol. The summed E-state index contributed by atoms with van der Waals surface area (Å²) >= 11 is 0. The summed E-state index contributed by atoms with van der Waals surface area (Å²) in [5, 5.41) is 6.08. The Hall–Kier alpha value is -3.16. The van der Waals surface area contributed by atoms with E-state index in [4.69, 9.17) is 0 Å². The van der Waals surface area contributed by atoms with Gasteiger partial charge in [-0.15, -0.1) is 0 Å². The molecule has 2 aromatic carbocycles. The summed E-state index contributed by atoms with van der Waals surface area (Å²) in [7, 11) is 0. The van der Waals surface area contributed by atoms with Crippen molar-refractivity contribution in [1.82, 2.24) is 15.5 Å². The molecule has 0 atom stereocenters. The van der Waals surface area contributed by atoms with Gasteiger partial charge >= 0.3 is 12.1 Å². The molecule has 1 heterocycles. The number of hydrogen-bond acceptors (Lipinski definition) is 4. The Morgan fingerprint density at radius 1 is 1.08 bits per heavy atom. The average molecular weight is 361 g/mol. The third-order valence-electron chi connectivity index (χ3n) is 3.65. The molecule has 3 rings (SSSR count). The molecular weight excluding hydrogens is 347 g/mol. The molecular formula is C18H14F3N3O2. The van der Waals surface area contributed by atoms with Crippen LogP contribution in [0.2, 0.25) is 0 Å². The van der Waals surface area contributed by atoms with Crippen molar-refractivity contribution in [2.45, 2.75) is 19.6 Å². The molecule has 0 aliphatic heterocycles. The highest BCUT2D eigenvalue weighted by molar-refractivity contribution is 5.94. The first-order valence-electron chi connectivity index (χ1n) is 7.68. The van der Waals surface area contributed by atoms with Crippen molar-refractivity contribution in [2.75, 3.05) is 0 Å². The van der Waals surface area contributed by atoms with Crippen molar-refractivity contribution in [1.29, 1.82) is 0 Å². The number of aryl methyl sites for hydroxylation is 1. The van der Waals surface area contributed by atoms with Crippen LogP contribution in [-0.4, -0.2) is 16.0 Å². The van der Waals surface area contributed by atoms with E-state index in [0.717, 1.165) is 11.1 Å². The SMILES string of the molecule is Cc1ccc(CNC(=O)c2ccc(-c3noc(C(F)(F)F)n3)cc2)cc1. The van der Waals surface area contributed by atoms with Gasteiger partial charge in [0.25, 0.3) is 5.91 Å². The lowest BCUT2D eigenvalue weighted by atomic mass is 10.1. The maximum atomic E-state index is 12.5. The van der Waals surface area contributed by atoms with Gasteiger partial charge in [-0.25, -0.2) is 0 Å². The van der Waals surface area contributed by atoms with Crippen LogP contribution in [0.1, 0.15) is 27.4 Å². The smallest absolute Gasteiger partial charge is 0.348 e. The van der Waals surface area contributed by atoms with Gasteiger partial charge in [0.2, 0.25) is 5.82 Å². The zero-order chi connectivity index (χ0) is 18.7. The van der Waals surface area contributed by atoms with Crippen LogP contribution in [-0.2, 0) is 12.7 Å². The largest absolute Gasteiger partial charge is 0.471 e. The third-order valence-corrected chi connectivity index (χ3v) is 3.65. The summed E-state index contributed by atoms with van der Waals surface area (Å²) in [5.74, 6) is -1.89. The second-order valence-electron chi connectivity index (χ2n) is 5.67. The molecule has 0 bridgehead atoms. The van der Waals surface area contributed by atoms with Crippen LogP contribution in [0.25, 0.3) is 11.4 Å². The van der Waals surface area contributed by atoms with E-state index in [0.29, 0.717) is 17.7 Å². The first-order chi connectivity index (χ1) is 12.3. The number of alkyl halides is 3. The molecule has 8 heteroatoms. The molecule has 0 aliphatic rings. The number of nitrogens with one attached hydrogen (secondary N) is 1. The summed E-state index contributed by atoms with van der Waals surface area (Å²) in [4.78, 5) is 15.5. The van der Waals surface area contributed by atoms with Crippen LogP contribution in [0.15, 0.2) is 53.1 Å². The molecule has 1 N–H and O–H groups in total. The fourth-order valence-electron chi connectivity index (χ4n) is 2.22. The van der Waals surface area contributed by atoms with Crippen LogP contribution in [0.4, 0.5) is 13.2 Å². The molecule has 0 saturated carbocycles. The van der Waals surface area contributed by atoms with E-state index in [1.807, 2.05) is 31.2 Å². The molecule has 0 fully saturated rings. The Bertz CT molecular complexity index is 901. The van der Waals surface area contributed by atoms with Gasteiger partial charge in [0.1, 0.15) is 0 Å². The number of amides is 1. The quantitative estimate of drug-likeness (QED) is 0.763. The zero-order valence-electron chi connectivity index (χ0n) is 13.7. The molecule has 134 valence electrons. The number of aromatic nitrogens is 2. The predicted octanol–water partition coefficient (Wildman–Crippen LogP) is 3.99. The molecule has 1 aromatic heterocycles. The number of halogens is 3. The summed E-state index contributed by atoms with van der Waals surface area (Å²) < 4.78 is 41.6. The molecule has 1 amide bonds. The van der Waals surface area contributed by atoms with Gasteiger partial charge in [-0.3, -0.25) is 4.79 Å². The van der Waals surface area contributed by atoms with Crippen molar-refractivity contribution in [3.8, 4) is 11.4 Å². The van der Waals surface area contributed by atoms with Crippen LogP contribution in [0, 0.1) is 6.92 Å². The van der Waals surface area contributed by atoms with Gasteiger partial charge in [0.15, 0.2) is 0 Å². The number of carbonyl (C=O) groups is 1. The van der Waals surface area contributed by atoms with Gasteiger partial charge in [-0.1, -0.05) is 47.1 Å². The second-order valence-corrected chi connectivity index (χ2v) is 5.67. The molecule has 0 radical (unpaired) electrons. The van der Waals surface area contributed by atoms with Gasteiger partial charge in [0, 0.05) is 17.7 Å². The summed E-state index contributed by atoms with van der Waals surface area (Å²) in [6.45, 7) is 2.35. The van der Waals surface area contributed by atoms with Crippen LogP contribution in [0.3, 0.4) is 0 Å². The Morgan fingerprint density at radius 2 is 1.73 bits per heavy atom. The molecule has 0 spiro atoms. The topological polar surface area (TPSA) is 68.0 Å². The van der Waals surface area contributed by atoms with E-state index in [1.54, 1.807) is 0 Å². The molecule has 26 heavy (non-hydrogen) atoms. The normalized spacial score (nSPS) is 11.4. The van der Waals surface area contributed by atoms with E-state index >= 15 is 0 Å².